The number of carboxylic acid groups (broad SMARTS) is 1. The minimum Gasteiger partial charge on any atom is -0.481 e. The van der Waals surface area contributed by atoms with Gasteiger partial charge in [-0.1, -0.05) is 6.07 Å². The van der Waals surface area contributed by atoms with Gasteiger partial charge in [-0.25, -0.2) is 4.39 Å². The van der Waals surface area contributed by atoms with Gasteiger partial charge in [-0.05, 0) is 38.5 Å². The third kappa shape index (κ3) is 4.05. The highest BCUT2D eigenvalue weighted by Gasteiger charge is 2.21. The van der Waals surface area contributed by atoms with E-state index in [9.17, 15) is 14.0 Å². The van der Waals surface area contributed by atoms with Gasteiger partial charge < -0.3 is 10.0 Å². The SMILES string of the molecule is Cc1ccc(F)cc1C(=O)N(CCC(=O)O)C(C)C. The van der Waals surface area contributed by atoms with Crippen molar-refractivity contribution in [2.24, 2.45) is 0 Å². The Kier molecular flexibility index (Phi) is 5.03. The van der Waals surface area contributed by atoms with Crippen LogP contribution in [0.25, 0.3) is 0 Å². The van der Waals surface area contributed by atoms with Gasteiger partial charge in [0.25, 0.3) is 5.91 Å². The molecule has 1 N–H and O–H groups in total. The van der Waals surface area contributed by atoms with Crippen LogP contribution in [0.15, 0.2) is 18.2 Å². The fourth-order valence-electron chi connectivity index (χ4n) is 1.79. The smallest absolute Gasteiger partial charge is 0.305 e. The van der Waals surface area contributed by atoms with Crippen molar-refractivity contribution >= 4 is 11.9 Å². The van der Waals surface area contributed by atoms with Gasteiger partial charge in [0.15, 0.2) is 0 Å². The zero-order valence-corrected chi connectivity index (χ0v) is 11.3. The third-order valence-corrected chi connectivity index (χ3v) is 2.88. The molecule has 0 fully saturated rings. The molecule has 0 aliphatic carbocycles. The lowest BCUT2D eigenvalue weighted by atomic mass is 10.1. The van der Waals surface area contributed by atoms with E-state index in [1.165, 1.54) is 23.1 Å². The summed E-state index contributed by atoms with van der Waals surface area (Å²) in [7, 11) is 0. The largest absolute Gasteiger partial charge is 0.481 e. The van der Waals surface area contributed by atoms with Crippen LogP contribution in [0.4, 0.5) is 4.39 Å². The molecule has 5 heteroatoms. The highest BCUT2D eigenvalue weighted by Crippen LogP contribution is 2.15. The lowest BCUT2D eigenvalue weighted by Gasteiger charge is -2.26. The Morgan fingerprint density at radius 3 is 2.53 bits per heavy atom. The Hall–Kier alpha value is -1.91. The fraction of sp³-hybridized carbons (Fsp3) is 0.429. The molecule has 1 aromatic rings. The van der Waals surface area contributed by atoms with Crippen LogP contribution in [0, 0.1) is 12.7 Å². The molecule has 0 radical (unpaired) electrons. The summed E-state index contributed by atoms with van der Waals surface area (Å²) in [5.74, 6) is -1.78. The molecule has 4 nitrogen and oxygen atoms in total. The highest BCUT2D eigenvalue weighted by molar-refractivity contribution is 5.96. The van der Waals surface area contributed by atoms with E-state index >= 15 is 0 Å². The molecule has 0 aliphatic rings. The average Bonchev–Trinajstić information content (AvgIpc) is 2.31. The van der Waals surface area contributed by atoms with Crippen molar-refractivity contribution in [2.45, 2.75) is 33.2 Å². The van der Waals surface area contributed by atoms with Crippen LogP contribution in [0.5, 0.6) is 0 Å². The molecule has 0 aliphatic heterocycles. The van der Waals surface area contributed by atoms with E-state index < -0.39 is 11.8 Å². The summed E-state index contributed by atoms with van der Waals surface area (Å²) in [6, 6.07) is 3.88. The van der Waals surface area contributed by atoms with E-state index in [-0.39, 0.29) is 30.5 Å². The van der Waals surface area contributed by atoms with Crippen molar-refractivity contribution in [3.8, 4) is 0 Å². The standard InChI is InChI=1S/C14H18FNO3/c1-9(2)16(7-6-13(17)18)14(19)12-8-11(15)5-4-10(12)3/h4-5,8-9H,6-7H2,1-3H3,(H,17,18). The van der Waals surface area contributed by atoms with Crippen molar-refractivity contribution in [1.82, 2.24) is 4.90 Å². The van der Waals surface area contributed by atoms with Gasteiger partial charge in [0.1, 0.15) is 5.82 Å². The minimum atomic E-state index is -0.964. The lowest BCUT2D eigenvalue weighted by molar-refractivity contribution is -0.137. The zero-order valence-electron chi connectivity index (χ0n) is 11.3. The minimum absolute atomic E-state index is 0.113. The maximum atomic E-state index is 13.2. The predicted molar refractivity (Wildman–Crippen MR) is 69.6 cm³/mol. The number of carbonyl (C=O) groups is 2. The van der Waals surface area contributed by atoms with Crippen LogP contribution in [-0.4, -0.2) is 34.5 Å². The molecule has 104 valence electrons. The molecule has 19 heavy (non-hydrogen) atoms. The molecule has 0 saturated carbocycles. The highest BCUT2D eigenvalue weighted by atomic mass is 19.1. The van der Waals surface area contributed by atoms with Crippen molar-refractivity contribution in [1.29, 1.82) is 0 Å². The predicted octanol–water partition coefficient (Wildman–Crippen LogP) is 2.46. The fourth-order valence-corrected chi connectivity index (χ4v) is 1.79. The molecule has 0 atom stereocenters. The summed E-state index contributed by atoms with van der Waals surface area (Å²) in [5.41, 5.74) is 0.950. The summed E-state index contributed by atoms with van der Waals surface area (Å²) >= 11 is 0. The van der Waals surface area contributed by atoms with Gasteiger partial charge in [0.05, 0.1) is 6.42 Å². The summed E-state index contributed by atoms with van der Waals surface area (Å²) < 4.78 is 13.2. The topological polar surface area (TPSA) is 57.6 Å². The van der Waals surface area contributed by atoms with Crippen LogP contribution in [0.1, 0.15) is 36.2 Å². The van der Waals surface area contributed by atoms with Crippen LogP contribution < -0.4 is 0 Å². The monoisotopic (exact) mass is 267 g/mol. The molecular formula is C14H18FNO3. The first kappa shape index (κ1) is 15.1. The van der Waals surface area contributed by atoms with Crippen LogP contribution in [0.2, 0.25) is 0 Å². The first-order valence-electron chi connectivity index (χ1n) is 6.12. The number of halogens is 1. The summed E-state index contributed by atoms with van der Waals surface area (Å²) in [5, 5.41) is 8.70. The number of amides is 1. The van der Waals surface area contributed by atoms with E-state index in [1.54, 1.807) is 20.8 Å². The third-order valence-electron chi connectivity index (χ3n) is 2.88. The molecule has 0 bridgehead atoms. The van der Waals surface area contributed by atoms with Gasteiger partial charge in [0, 0.05) is 18.2 Å². The van der Waals surface area contributed by atoms with E-state index in [1.807, 2.05) is 0 Å². The van der Waals surface area contributed by atoms with E-state index in [0.29, 0.717) is 5.56 Å². The Morgan fingerprint density at radius 2 is 2.00 bits per heavy atom. The Morgan fingerprint density at radius 1 is 1.37 bits per heavy atom. The first-order valence-corrected chi connectivity index (χ1v) is 6.12. The quantitative estimate of drug-likeness (QED) is 0.891. The van der Waals surface area contributed by atoms with Crippen molar-refractivity contribution in [3.05, 3.63) is 35.1 Å². The molecule has 0 aromatic heterocycles. The number of carbonyl (C=O) groups excluding carboxylic acids is 1. The normalized spacial score (nSPS) is 10.6. The number of carboxylic acids is 1. The summed E-state index contributed by atoms with van der Waals surface area (Å²) in [6.07, 6.45) is -0.127. The Labute approximate surface area is 111 Å². The van der Waals surface area contributed by atoms with Crippen molar-refractivity contribution in [2.75, 3.05) is 6.54 Å². The van der Waals surface area contributed by atoms with Gasteiger partial charge in [0.2, 0.25) is 0 Å². The zero-order chi connectivity index (χ0) is 14.6. The molecule has 1 amide bonds. The summed E-state index contributed by atoms with van der Waals surface area (Å²) in [6.45, 7) is 5.44. The van der Waals surface area contributed by atoms with Crippen LogP contribution >= 0.6 is 0 Å². The lowest BCUT2D eigenvalue weighted by Crippen LogP contribution is -2.38. The van der Waals surface area contributed by atoms with Gasteiger partial charge in [-0.3, -0.25) is 9.59 Å². The van der Waals surface area contributed by atoms with E-state index in [4.69, 9.17) is 5.11 Å². The van der Waals surface area contributed by atoms with Crippen molar-refractivity contribution < 1.29 is 19.1 Å². The second-order valence-corrected chi connectivity index (χ2v) is 4.70. The molecule has 0 unspecified atom stereocenters. The second kappa shape index (κ2) is 6.31. The number of rotatable bonds is 5. The molecule has 0 heterocycles. The molecule has 1 aromatic carbocycles. The number of benzene rings is 1. The van der Waals surface area contributed by atoms with Crippen molar-refractivity contribution in [3.63, 3.8) is 0 Å². The maximum Gasteiger partial charge on any atom is 0.305 e. The van der Waals surface area contributed by atoms with Gasteiger partial charge in [-0.2, -0.15) is 0 Å². The summed E-state index contributed by atoms with van der Waals surface area (Å²) in [4.78, 5) is 24.4. The number of hydrogen-bond donors (Lipinski definition) is 1. The van der Waals surface area contributed by atoms with Gasteiger partial charge in [-0.15, -0.1) is 0 Å². The molecule has 0 saturated heterocycles. The van der Waals surface area contributed by atoms with Crippen LogP contribution in [-0.2, 0) is 4.79 Å². The van der Waals surface area contributed by atoms with E-state index in [0.717, 1.165) is 0 Å². The maximum absolute atomic E-state index is 13.2. The Balaban J connectivity index is 2.99. The number of hydrogen-bond acceptors (Lipinski definition) is 2. The second-order valence-electron chi connectivity index (χ2n) is 4.70. The number of nitrogens with zero attached hydrogens (tertiary/aromatic N) is 1. The number of aliphatic carboxylic acids is 1. The average molecular weight is 267 g/mol. The Bertz CT molecular complexity index is 486. The van der Waals surface area contributed by atoms with Crippen LogP contribution in [0.3, 0.4) is 0 Å². The molecule has 0 spiro atoms. The number of aryl methyl sites for hydroxylation is 1. The molecular weight excluding hydrogens is 249 g/mol. The first-order chi connectivity index (χ1) is 8.82. The van der Waals surface area contributed by atoms with E-state index in [2.05, 4.69) is 0 Å². The van der Waals surface area contributed by atoms with Gasteiger partial charge >= 0.3 is 5.97 Å². The molecule has 1 rings (SSSR count).